The van der Waals surface area contributed by atoms with Crippen LogP contribution in [0.1, 0.15) is 28.9 Å². The zero-order valence-corrected chi connectivity index (χ0v) is 15.3. The Labute approximate surface area is 150 Å². The number of hydrogen-bond acceptors (Lipinski definition) is 3. The first-order chi connectivity index (χ1) is 11.6. The Morgan fingerprint density at radius 3 is 2.46 bits per heavy atom. The van der Waals surface area contributed by atoms with Crippen LogP contribution < -0.4 is 4.74 Å². The summed E-state index contributed by atoms with van der Waals surface area (Å²) in [5, 5.41) is 0. The standard InChI is InChI=1S/C19H20BrNO3/c1-13-12-24-18(14-5-9-17(23-2)10-6-14)11-21(13)19(22)15-3-7-16(20)8-4-15/h3-10,13,18H,11-12H2,1-2H3. The summed E-state index contributed by atoms with van der Waals surface area (Å²) < 4.78 is 12.1. The van der Waals surface area contributed by atoms with Crippen molar-refractivity contribution in [3.63, 3.8) is 0 Å². The van der Waals surface area contributed by atoms with Crippen LogP contribution in [0, 0.1) is 0 Å². The summed E-state index contributed by atoms with van der Waals surface area (Å²) in [6, 6.07) is 15.3. The molecule has 0 radical (unpaired) electrons. The van der Waals surface area contributed by atoms with Crippen molar-refractivity contribution in [3.05, 3.63) is 64.1 Å². The zero-order valence-electron chi connectivity index (χ0n) is 13.7. The number of rotatable bonds is 3. The van der Waals surface area contributed by atoms with E-state index in [9.17, 15) is 4.79 Å². The van der Waals surface area contributed by atoms with E-state index in [1.807, 2.05) is 60.4 Å². The molecular formula is C19H20BrNO3. The number of carbonyl (C=O) groups excluding carboxylic acids is 1. The van der Waals surface area contributed by atoms with Gasteiger partial charge < -0.3 is 14.4 Å². The molecule has 1 aliphatic rings. The van der Waals surface area contributed by atoms with Crippen LogP contribution in [0.3, 0.4) is 0 Å². The molecule has 1 heterocycles. The Morgan fingerprint density at radius 2 is 1.83 bits per heavy atom. The molecule has 0 spiro atoms. The van der Waals surface area contributed by atoms with E-state index in [4.69, 9.17) is 9.47 Å². The van der Waals surface area contributed by atoms with Gasteiger partial charge in [0.05, 0.1) is 26.3 Å². The Hall–Kier alpha value is -1.85. The molecule has 4 nitrogen and oxygen atoms in total. The van der Waals surface area contributed by atoms with E-state index < -0.39 is 0 Å². The zero-order chi connectivity index (χ0) is 17.1. The van der Waals surface area contributed by atoms with Gasteiger partial charge >= 0.3 is 0 Å². The molecule has 0 saturated carbocycles. The van der Waals surface area contributed by atoms with E-state index in [1.54, 1.807) is 7.11 Å². The average Bonchev–Trinajstić information content (AvgIpc) is 2.62. The van der Waals surface area contributed by atoms with Crippen molar-refractivity contribution in [3.8, 4) is 5.75 Å². The Bertz CT molecular complexity index is 700. The number of benzene rings is 2. The second kappa shape index (κ2) is 7.36. The largest absolute Gasteiger partial charge is 0.497 e. The van der Waals surface area contributed by atoms with Gasteiger partial charge in [-0.15, -0.1) is 0 Å². The number of ether oxygens (including phenoxy) is 2. The molecule has 0 aliphatic carbocycles. The normalized spacial score (nSPS) is 20.7. The van der Waals surface area contributed by atoms with Crippen LogP contribution in [0.4, 0.5) is 0 Å². The van der Waals surface area contributed by atoms with Crippen LogP contribution in [0.2, 0.25) is 0 Å². The highest BCUT2D eigenvalue weighted by molar-refractivity contribution is 9.10. The van der Waals surface area contributed by atoms with Crippen molar-refractivity contribution in [2.45, 2.75) is 19.1 Å². The molecule has 3 rings (SSSR count). The van der Waals surface area contributed by atoms with Crippen molar-refractivity contribution >= 4 is 21.8 Å². The first kappa shape index (κ1) is 17.0. The molecule has 126 valence electrons. The van der Waals surface area contributed by atoms with Crippen molar-refractivity contribution in [1.82, 2.24) is 4.90 Å². The minimum Gasteiger partial charge on any atom is -0.497 e. The lowest BCUT2D eigenvalue weighted by molar-refractivity contribution is -0.0486. The van der Waals surface area contributed by atoms with Crippen LogP contribution in [0.15, 0.2) is 53.0 Å². The van der Waals surface area contributed by atoms with Crippen LogP contribution >= 0.6 is 15.9 Å². The third-order valence-electron chi connectivity index (χ3n) is 4.27. The third-order valence-corrected chi connectivity index (χ3v) is 4.80. The lowest BCUT2D eigenvalue weighted by atomic mass is 10.0. The highest BCUT2D eigenvalue weighted by Gasteiger charge is 2.31. The molecule has 1 fully saturated rings. The van der Waals surface area contributed by atoms with Crippen LogP contribution in [-0.4, -0.2) is 37.1 Å². The van der Waals surface area contributed by atoms with Gasteiger partial charge in [-0.25, -0.2) is 0 Å². The molecule has 5 heteroatoms. The van der Waals surface area contributed by atoms with Crippen molar-refractivity contribution in [1.29, 1.82) is 0 Å². The number of morpholine rings is 1. The fraction of sp³-hybridized carbons (Fsp3) is 0.316. The molecule has 2 aromatic rings. The minimum absolute atomic E-state index is 0.0387. The van der Waals surface area contributed by atoms with Gasteiger partial charge in [0, 0.05) is 10.0 Å². The molecule has 2 atom stereocenters. The van der Waals surface area contributed by atoms with E-state index in [2.05, 4.69) is 15.9 Å². The average molecular weight is 390 g/mol. The number of hydrogen-bond donors (Lipinski definition) is 0. The molecule has 1 amide bonds. The molecule has 24 heavy (non-hydrogen) atoms. The SMILES string of the molecule is COc1ccc(C2CN(C(=O)c3ccc(Br)cc3)C(C)CO2)cc1. The fourth-order valence-electron chi connectivity index (χ4n) is 2.82. The van der Waals surface area contributed by atoms with E-state index in [0.29, 0.717) is 18.7 Å². The van der Waals surface area contributed by atoms with Crippen molar-refractivity contribution < 1.29 is 14.3 Å². The Balaban J connectivity index is 1.77. The van der Waals surface area contributed by atoms with Gasteiger partial charge in [-0.2, -0.15) is 0 Å². The van der Waals surface area contributed by atoms with Crippen molar-refractivity contribution in [2.24, 2.45) is 0 Å². The van der Waals surface area contributed by atoms with Crippen LogP contribution in [0.25, 0.3) is 0 Å². The first-order valence-corrected chi connectivity index (χ1v) is 8.70. The summed E-state index contributed by atoms with van der Waals surface area (Å²) in [4.78, 5) is 14.7. The first-order valence-electron chi connectivity index (χ1n) is 7.90. The van der Waals surface area contributed by atoms with Gasteiger partial charge in [-0.3, -0.25) is 4.79 Å². The molecule has 0 bridgehead atoms. The maximum absolute atomic E-state index is 12.8. The topological polar surface area (TPSA) is 38.8 Å². The lowest BCUT2D eigenvalue weighted by Crippen LogP contribution is -2.48. The van der Waals surface area contributed by atoms with Gasteiger partial charge in [-0.1, -0.05) is 28.1 Å². The number of methoxy groups -OCH3 is 1. The minimum atomic E-state index is -0.119. The maximum atomic E-state index is 12.8. The molecule has 0 aromatic heterocycles. The van der Waals surface area contributed by atoms with E-state index >= 15 is 0 Å². The number of halogens is 1. The van der Waals surface area contributed by atoms with E-state index in [0.717, 1.165) is 15.8 Å². The number of carbonyl (C=O) groups is 1. The third kappa shape index (κ3) is 3.62. The maximum Gasteiger partial charge on any atom is 0.254 e. The van der Waals surface area contributed by atoms with Gasteiger partial charge in [0.1, 0.15) is 11.9 Å². The lowest BCUT2D eigenvalue weighted by Gasteiger charge is -2.38. The summed E-state index contributed by atoms with van der Waals surface area (Å²) in [5.74, 6) is 0.850. The summed E-state index contributed by atoms with van der Waals surface area (Å²) in [6.45, 7) is 3.09. The molecule has 2 unspecified atom stereocenters. The summed E-state index contributed by atoms with van der Waals surface area (Å²) >= 11 is 3.40. The van der Waals surface area contributed by atoms with E-state index in [-0.39, 0.29) is 18.1 Å². The van der Waals surface area contributed by atoms with Gasteiger partial charge in [0.15, 0.2) is 0 Å². The second-order valence-electron chi connectivity index (χ2n) is 5.91. The molecule has 1 aliphatic heterocycles. The van der Waals surface area contributed by atoms with E-state index in [1.165, 1.54) is 0 Å². The molecule has 2 aromatic carbocycles. The quantitative estimate of drug-likeness (QED) is 0.794. The molecule has 1 saturated heterocycles. The Kier molecular flexibility index (Phi) is 5.21. The summed E-state index contributed by atoms with van der Waals surface area (Å²) in [7, 11) is 1.65. The predicted molar refractivity (Wildman–Crippen MR) is 96.3 cm³/mol. The molecule has 0 N–H and O–H groups in total. The van der Waals surface area contributed by atoms with Crippen LogP contribution in [-0.2, 0) is 4.74 Å². The molecular weight excluding hydrogens is 370 g/mol. The second-order valence-corrected chi connectivity index (χ2v) is 6.82. The predicted octanol–water partition coefficient (Wildman–Crippen LogP) is 4.06. The monoisotopic (exact) mass is 389 g/mol. The van der Waals surface area contributed by atoms with Gasteiger partial charge in [0.25, 0.3) is 5.91 Å². The highest BCUT2D eigenvalue weighted by atomic mass is 79.9. The summed E-state index contributed by atoms with van der Waals surface area (Å²) in [5.41, 5.74) is 1.75. The fourth-order valence-corrected chi connectivity index (χ4v) is 3.08. The van der Waals surface area contributed by atoms with Crippen LogP contribution in [0.5, 0.6) is 5.75 Å². The smallest absolute Gasteiger partial charge is 0.254 e. The number of amides is 1. The van der Waals surface area contributed by atoms with Crippen molar-refractivity contribution in [2.75, 3.05) is 20.3 Å². The van der Waals surface area contributed by atoms with Gasteiger partial charge in [-0.05, 0) is 48.9 Å². The number of nitrogens with zero attached hydrogens (tertiary/aromatic N) is 1. The highest BCUT2D eigenvalue weighted by Crippen LogP contribution is 2.27. The summed E-state index contributed by atoms with van der Waals surface area (Å²) in [6.07, 6.45) is -0.119. The van der Waals surface area contributed by atoms with Gasteiger partial charge in [0.2, 0.25) is 0 Å². The Morgan fingerprint density at radius 1 is 1.17 bits per heavy atom.